The summed E-state index contributed by atoms with van der Waals surface area (Å²) in [6, 6.07) is 13.9. The van der Waals surface area contributed by atoms with E-state index >= 15 is 0 Å². The average molecular weight is 407 g/mol. The molecule has 1 amide bonds. The molecule has 0 aromatic heterocycles. The molecule has 1 N–H and O–H groups in total. The summed E-state index contributed by atoms with van der Waals surface area (Å²) in [6.45, 7) is 5.07. The zero-order valence-corrected chi connectivity index (χ0v) is 16.7. The van der Waals surface area contributed by atoms with E-state index in [1.807, 2.05) is 12.1 Å². The molecule has 1 fully saturated rings. The third-order valence-corrected chi connectivity index (χ3v) is 5.39. The van der Waals surface area contributed by atoms with Crippen molar-refractivity contribution in [1.29, 1.82) is 0 Å². The first-order chi connectivity index (χ1) is 13.1. The molecule has 3 rings (SSSR count). The molecule has 27 heavy (non-hydrogen) atoms. The number of nitrogens with zero attached hydrogens (tertiary/aromatic N) is 1. The van der Waals surface area contributed by atoms with Crippen LogP contribution < -0.4 is 5.32 Å². The molecule has 2 aromatic carbocycles. The summed E-state index contributed by atoms with van der Waals surface area (Å²) in [6.07, 6.45) is 1.06. The van der Waals surface area contributed by atoms with E-state index in [1.54, 1.807) is 6.07 Å². The molecule has 4 nitrogen and oxygen atoms in total. The second-order valence-electron chi connectivity index (χ2n) is 6.73. The lowest BCUT2D eigenvalue weighted by Crippen LogP contribution is -2.35. The Bertz CT molecular complexity index is 759. The van der Waals surface area contributed by atoms with Gasteiger partial charge in [-0.3, -0.25) is 9.69 Å². The van der Waals surface area contributed by atoms with E-state index in [4.69, 9.17) is 27.9 Å². The molecule has 0 saturated carbocycles. The predicted octanol–water partition coefficient (Wildman–Crippen LogP) is 4.07. The van der Waals surface area contributed by atoms with Gasteiger partial charge in [0.2, 0.25) is 5.91 Å². The maximum absolute atomic E-state index is 12.1. The van der Waals surface area contributed by atoms with Gasteiger partial charge in [0.05, 0.1) is 23.3 Å². The van der Waals surface area contributed by atoms with E-state index in [9.17, 15) is 4.79 Å². The zero-order valence-electron chi connectivity index (χ0n) is 15.2. The van der Waals surface area contributed by atoms with Gasteiger partial charge >= 0.3 is 0 Å². The number of morpholine rings is 1. The zero-order chi connectivity index (χ0) is 19.1. The van der Waals surface area contributed by atoms with Crippen molar-refractivity contribution in [1.82, 2.24) is 10.2 Å². The van der Waals surface area contributed by atoms with E-state index in [1.165, 1.54) is 5.56 Å². The Morgan fingerprint density at radius 1 is 0.963 bits per heavy atom. The fourth-order valence-electron chi connectivity index (χ4n) is 3.02. The molecule has 0 atom stereocenters. The minimum atomic E-state index is 0.0264. The highest BCUT2D eigenvalue weighted by Crippen LogP contribution is 2.23. The second kappa shape index (κ2) is 10.1. The number of ether oxygens (including phenoxy) is 1. The number of carbonyl (C=O) groups excluding carboxylic acids is 1. The minimum Gasteiger partial charge on any atom is -0.379 e. The average Bonchev–Trinajstić information content (AvgIpc) is 2.69. The smallest absolute Gasteiger partial charge is 0.220 e. The molecule has 0 unspecified atom stereocenters. The summed E-state index contributed by atoms with van der Waals surface area (Å²) >= 11 is 11.9. The lowest BCUT2D eigenvalue weighted by atomic mass is 10.1. The van der Waals surface area contributed by atoms with Crippen molar-refractivity contribution in [2.45, 2.75) is 25.9 Å². The molecule has 2 aromatic rings. The highest BCUT2D eigenvalue weighted by molar-refractivity contribution is 6.42. The topological polar surface area (TPSA) is 41.6 Å². The second-order valence-corrected chi connectivity index (χ2v) is 7.54. The number of carbonyl (C=O) groups is 1. The van der Waals surface area contributed by atoms with Gasteiger partial charge in [0.15, 0.2) is 0 Å². The SMILES string of the molecule is O=C(CCc1ccc(Cl)c(Cl)c1)NCc1ccc(CN2CCOCC2)cc1. The molecular formula is C21H24Cl2N2O2. The summed E-state index contributed by atoms with van der Waals surface area (Å²) in [5, 5.41) is 4.02. The van der Waals surface area contributed by atoms with Gasteiger partial charge in [0, 0.05) is 32.6 Å². The largest absolute Gasteiger partial charge is 0.379 e. The van der Waals surface area contributed by atoms with E-state index in [0.29, 0.717) is 29.4 Å². The summed E-state index contributed by atoms with van der Waals surface area (Å²) in [4.78, 5) is 14.5. The van der Waals surface area contributed by atoms with Crippen LogP contribution >= 0.6 is 23.2 Å². The van der Waals surface area contributed by atoms with Crippen LogP contribution in [-0.4, -0.2) is 37.1 Å². The molecule has 1 aliphatic heterocycles. The molecule has 0 bridgehead atoms. The molecule has 1 heterocycles. The van der Waals surface area contributed by atoms with Crippen molar-refractivity contribution in [3.63, 3.8) is 0 Å². The first kappa shape index (κ1) is 20.2. The predicted molar refractivity (Wildman–Crippen MR) is 109 cm³/mol. The van der Waals surface area contributed by atoms with Gasteiger partial charge in [0.25, 0.3) is 0 Å². The first-order valence-electron chi connectivity index (χ1n) is 9.19. The Hall–Kier alpha value is -1.59. The molecular weight excluding hydrogens is 383 g/mol. The molecule has 144 valence electrons. The highest BCUT2D eigenvalue weighted by Gasteiger charge is 2.10. The van der Waals surface area contributed by atoms with Crippen molar-refractivity contribution in [3.8, 4) is 0 Å². The van der Waals surface area contributed by atoms with Gasteiger partial charge in [-0.25, -0.2) is 0 Å². The van der Waals surface area contributed by atoms with E-state index in [2.05, 4.69) is 34.5 Å². The minimum absolute atomic E-state index is 0.0264. The standard InChI is InChI=1S/C21H24Cl2N2O2/c22-19-7-5-16(13-20(19)23)6-8-21(26)24-14-17-1-3-18(4-2-17)15-25-9-11-27-12-10-25/h1-5,7,13H,6,8-12,14-15H2,(H,24,26). The number of amides is 1. The Morgan fingerprint density at radius 3 is 2.33 bits per heavy atom. The van der Waals surface area contributed by atoms with Crippen LogP contribution in [0.1, 0.15) is 23.1 Å². The van der Waals surface area contributed by atoms with Crippen LogP contribution in [0.25, 0.3) is 0 Å². The Labute approximate surface area is 170 Å². The van der Waals surface area contributed by atoms with Crippen LogP contribution in [0, 0.1) is 0 Å². The highest BCUT2D eigenvalue weighted by atomic mass is 35.5. The summed E-state index contributed by atoms with van der Waals surface area (Å²) in [7, 11) is 0. The number of hydrogen-bond acceptors (Lipinski definition) is 3. The number of benzene rings is 2. The van der Waals surface area contributed by atoms with Crippen LogP contribution in [0.15, 0.2) is 42.5 Å². The Kier molecular flexibility index (Phi) is 7.53. The van der Waals surface area contributed by atoms with Gasteiger partial charge in [0.1, 0.15) is 0 Å². The Morgan fingerprint density at radius 2 is 1.63 bits per heavy atom. The van der Waals surface area contributed by atoms with Crippen LogP contribution in [0.5, 0.6) is 0 Å². The van der Waals surface area contributed by atoms with Gasteiger partial charge in [-0.05, 0) is 35.2 Å². The Balaban J connectivity index is 1.41. The summed E-state index contributed by atoms with van der Waals surface area (Å²) in [5.74, 6) is 0.0264. The maximum atomic E-state index is 12.1. The van der Waals surface area contributed by atoms with E-state index in [0.717, 1.165) is 44.0 Å². The number of aryl methyl sites for hydroxylation is 1. The van der Waals surface area contributed by atoms with Gasteiger partial charge in [-0.2, -0.15) is 0 Å². The molecule has 1 saturated heterocycles. The van der Waals surface area contributed by atoms with Crippen LogP contribution in [0.2, 0.25) is 10.0 Å². The maximum Gasteiger partial charge on any atom is 0.220 e. The third kappa shape index (κ3) is 6.51. The fourth-order valence-corrected chi connectivity index (χ4v) is 3.34. The lowest BCUT2D eigenvalue weighted by molar-refractivity contribution is -0.121. The molecule has 6 heteroatoms. The lowest BCUT2D eigenvalue weighted by Gasteiger charge is -2.26. The van der Waals surface area contributed by atoms with E-state index in [-0.39, 0.29) is 5.91 Å². The van der Waals surface area contributed by atoms with Crippen molar-refractivity contribution in [2.75, 3.05) is 26.3 Å². The molecule has 0 aliphatic carbocycles. The number of halogens is 2. The van der Waals surface area contributed by atoms with Crippen molar-refractivity contribution in [2.24, 2.45) is 0 Å². The van der Waals surface area contributed by atoms with Gasteiger partial charge in [-0.15, -0.1) is 0 Å². The van der Waals surface area contributed by atoms with Crippen molar-refractivity contribution < 1.29 is 9.53 Å². The van der Waals surface area contributed by atoms with Crippen molar-refractivity contribution >= 4 is 29.1 Å². The number of hydrogen-bond donors (Lipinski definition) is 1. The number of nitrogens with one attached hydrogen (secondary N) is 1. The van der Waals surface area contributed by atoms with Crippen molar-refractivity contribution in [3.05, 3.63) is 69.2 Å². The molecule has 0 spiro atoms. The fraction of sp³-hybridized carbons (Fsp3) is 0.381. The van der Waals surface area contributed by atoms with Gasteiger partial charge < -0.3 is 10.1 Å². The number of rotatable bonds is 7. The van der Waals surface area contributed by atoms with Crippen LogP contribution in [0.3, 0.4) is 0 Å². The third-order valence-electron chi connectivity index (χ3n) is 4.65. The van der Waals surface area contributed by atoms with Crippen LogP contribution in [0.4, 0.5) is 0 Å². The van der Waals surface area contributed by atoms with Gasteiger partial charge in [-0.1, -0.05) is 53.5 Å². The first-order valence-corrected chi connectivity index (χ1v) is 9.94. The molecule has 1 aliphatic rings. The van der Waals surface area contributed by atoms with Crippen LogP contribution in [-0.2, 0) is 29.0 Å². The molecule has 0 radical (unpaired) electrons. The normalized spacial score (nSPS) is 14.9. The summed E-state index contributed by atoms with van der Waals surface area (Å²) < 4.78 is 5.38. The van der Waals surface area contributed by atoms with E-state index < -0.39 is 0 Å². The quantitative estimate of drug-likeness (QED) is 0.752. The summed E-state index contributed by atoms with van der Waals surface area (Å²) in [5.41, 5.74) is 3.39. The monoisotopic (exact) mass is 406 g/mol.